The van der Waals surface area contributed by atoms with Crippen molar-refractivity contribution in [3.8, 4) is 0 Å². The summed E-state index contributed by atoms with van der Waals surface area (Å²) in [5, 5.41) is 1.87. The number of rotatable bonds is 5. The van der Waals surface area contributed by atoms with Gasteiger partial charge in [0.1, 0.15) is 5.82 Å². The minimum atomic E-state index is -0.396. The Kier molecular flexibility index (Phi) is 4.71. The molecule has 24 heavy (non-hydrogen) atoms. The van der Waals surface area contributed by atoms with E-state index in [0.29, 0.717) is 18.7 Å². The van der Waals surface area contributed by atoms with Crippen LogP contribution in [0.2, 0.25) is 0 Å². The molecule has 2 N–H and O–H groups in total. The first kappa shape index (κ1) is 16.3. The summed E-state index contributed by atoms with van der Waals surface area (Å²) in [6.45, 7) is 2.59. The van der Waals surface area contributed by atoms with Crippen molar-refractivity contribution in [3.05, 3.63) is 65.5 Å². The lowest BCUT2D eigenvalue weighted by Crippen LogP contribution is -2.92. The Balaban J connectivity index is 1.60. The standard InChI is InChI=1S/C19H19FN2O2/c1-13-5-7-16(8-6-13)22-18(23)12-17(19(22)24)21-10-9-14-3-2-4-15(20)11-14/h2-8,11,17,21H,9-10,12H2,1H3/p+1. The number of amides is 2. The van der Waals surface area contributed by atoms with Gasteiger partial charge < -0.3 is 5.32 Å². The first-order chi connectivity index (χ1) is 11.5. The number of anilines is 1. The van der Waals surface area contributed by atoms with Crippen LogP contribution in [0.3, 0.4) is 0 Å². The Morgan fingerprint density at radius 3 is 2.62 bits per heavy atom. The summed E-state index contributed by atoms with van der Waals surface area (Å²) >= 11 is 0. The fourth-order valence-electron chi connectivity index (χ4n) is 2.95. The Morgan fingerprint density at radius 1 is 1.17 bits per heavy atom. The highest BCUT2D eigenvalue weighted by molar-refractivity contribution is 6.21. The van der Waals surface area contributed by atoms with Crippen molar-refractivity contribution >= 4 is 17.5 Å². The highest BCUT2D eigenvalue weighted by atomic mass is 19.1. The van der Waals surface area contributed by atoms with Gasteiger partial charge in [-0.2, -0.15) is 0 Å². The van der Waals surface area contributed by atoms with Crippen LogP contribution in [-0.4, -0.2) is 24.4 Å². The fraction of sp³-hybridized carbons (Fsp3) is 0.263. The molecule has 4 nitrogen and oxygen atoms in total. The van der Waals surface area contributed by atoms with Gasteiger partial charge in [0.25, 0.3) is 5.91 Å². The number of aryl methyl sites for hydroxylation is 1. The molecule has 1 unspecified atom stereocenters. The number of nitrogens with zero attached hydrogens (tertiary/aromatic N) is 1. The van der Waals surface area contributed by atoms with Crippen LogP contribution in [0.25, 0.3) is 0 Å². The van der Waals surface area contributed by atoms with Gasteiger partial charge in [-0.25, -0.2) is 9.29 Å². The van der Waals surface area contributed by atoms with E-state index in [-0.39, 0.29) is 24.1 Å². The average Bonchev–Trinajstić information content (AvgIpc) is 2.83. The quantitative estimate of drug-likeness (QED) is 0.848. The first-order valence-electron chi connectivity index (χ1n) is 8.06. The van der Waals surface area contributed by atoms with Gasteiger partial charge in [0.2, 0.25) is 5.91 Å². The molecule has 2 amide bonds. The highest BCUT2D eigenvalue weighted by Gasteiger charge is 2.41. The normalized spacial score (nSPS) is 17.6. The fourth-order valence-corrected chi connectivity index (χ4v) is 2.95. The van der Waals surface area contributed by atoms with Crippen molar-refractivity contribution in [2.45, 2.75) is 25.8 Å². The highest BCUT2D eigenvalue weighted by Crippen LogP contribution is 2.21. The average molecular weight is 327 g/mol. The third-order valence-electron chi connectivity index (χ3n) is 4.25. The third kappa shape index (κ3) is 3.51. The van der Waals surface area contributed by atoms with Gasteiger partial charge >= 0.3 is 0 Å². The van der Waals surface area contributed by atoms with E-state index in [2.05, 4.69) is 0 Å². The Morgan fingerprint density at radius 2 is 1.92 bits per heavy atom. The molecule has 1 fully saturated rings. The summed E-state index contributed by atoms with van der Waals surface area (Å²) in [6, 6.07) is 13.4. The van der Waals surface area contributed by atoms with Gasteiger partial charge in [-0.05, 0) is 36.8 Å². The zero-order valence-corrected chi connectivity index (χ0v) is 13.5. The number of benzene rings is 2. The number of nitrogens with two attached hydrogens (primary N) is 1. The van der Waals surface area contributed by atoms with E-state index in [9.17, 15) is 14.0 Å². The molecule has 0 spiro atoms. The van der Waals surface area contributed by atoms with Gasteiger partial charge in [0, 0.05) is 6.42 Å². The maximum Gasteiger partial charge on any atom is 0.292 e. The Labute approximate surface area is 140 Å². The molecular weight excluding hydrogens is 307 g/mol. The number of imide groups is 1. The molecule has 0 radical (unpaired) electrons. The number of quaternary nitrogens is 1. The second-order valence-electron chi connectivity index (χ2n) is 6.12. The molecule has 0 aromatic heterocycles. The molecule has 3 rings (SSSR count). The number of carbonyl (C=O) groups excluding carboxylic acids is 2. The van der Waals surface area contributed by atoms with Crippen molar-refractivity contribution < 1.29 is 19.3 Å². The number of halogens is 1. The summed E-state index contributed by atoms with van der Waals surface area (Å²) in [7, 11) is 0. The minimum absolute atomic E-state index is 0.171. The van der Waals surface area contributed by atoms with Crippen LogP contribution in [0.1, 0.15) is 17.5 Å². The van der Waals surface area contributed by atoms with E-state index in [0.717, 1.165) is 11.1 Å². The Bertz CT molecular complexity index is 758. The zero-order chi connectivity index (χ0) is 17.1. The maximum absolute atomic E-state index is 13.2. The second kappa shape index (κ2) is 6.93. The molecule has 5 heteroatoms. The van der Waals surface area contributed by atoms with E-state index in [1.165, 1.54) is 17.0 Å². The molecule has 0 aliphatic carbocycles. The number of hydrogen-bond donors (Lipinski definition) is 1. The molecule has 1 atom stereocenters. The second-order valence-corrected chi connectivity index (χ2v) is 6.12. The van der Waals surface area contributed by atoms with E-state index in [1.54, 1.807) is 18.2 Å². The third-order valence-corrected chi connectivity index (χ3v) is 4.25. The van der Waals surface area contributed by atoms with Crippen molar-refractivity contribution in [1.82, 2.24) is 0 Å². The van der Waals surface area contributed by atoms with E-state index < -0.39 is 6.04 Å². The molecule has 124 valence electrons. The molecule has 1 heterocycles. The Hall–Kier alpha value is -2.53. The van der Waals surface area contributed by atoms with Crippen LogP contribution in [0.4, 0.5) is 10.1 Å². The summed E-state index contributed by atoms with van der Waals surface area (Å²) < 4.78 is 13.2. The molecule has 2 aromatic rings. The number of carbonyl (C=O) groups is 2. The van der Waals surface area contributed by atoms with Crippen LogP contribution >= 0.6 is 0 Å². The van der Waals surface area contributed by atoms with Crippen LogP contribution < -0.4 is 10.2 Å². The molecule has 1 aliphatic rings. The molecule has 1 aliphatic heterocycles. The minimum Gasteiger partial charge on any atom is -0.335 e. The lowest BCUT2D eigenvalue weighted by Gasteiger charge is -2.14. The lowest BCUT2D eigenvalue weighted by molar-refractivity contribution is -0.674. The number of hydrogen-bond acceptors (Lipinski definition) is 2. The van der Waals surface area contributed by atoms with E-state index >= 15 is 0 Å². The van der Waals surface area contributed by atoms with Gasteiger partial charge in [-0.15, -0.1) is 0 Å². The van der Waals surface area contributed by atoms with Crippen LogP contribution in [0.15, 0.2) is 48.5 Å². The monoisotopic (exact) mass is 327 g/mol. The first-order valence-corrected chi connectivity index (χ1v) is 8.06. The summed E-state index contributed by atoms with van der Waals surface area (Å²) in [4.78, 5) is 26.0. The summed E-state index contributed by atoms with van der Waals surface area (Å²) in [5.41, 5.74) is 2.59. The van der Waals surface area contributed by atoms with Crippen LogP contribution in [-0.2, 0) is 16.0 Å². The lowest BCUT2D eigenvalue weighted by atomic mass is 10.1. The SMILES string of the molecule is Cc1ccc(N2C(=O)CC([NH2+]CCc3cccc(F)c3)C2=O)cc1. The maximum atomic E-state index is 13.2. The van der Waals surface area contributed by atoms with Crippen molar-refractivity contribution in [2.24, 2.45) is 0 Å². The summed E-state index contributed by atoms with van der Waals surface area (Å²) in [6.07, 6.45) is 0.857. The summed E-state index contributed by atoms with van der Waals surface area (Å²) in [5.74, 6) is -0.607. The predicted molar refractivity (Wildman–Crippen MR) is 89.0 cm³/mol. The van der Waals surface area contributed by atoms with Crippen molar-refractivity contribution in [2.75, 3.05) is 11.4 Å². The molecule has 2 aromatic carbocycles. The molecule has 1 saturated heterocycles. The zero-order valence-electron chi connectivity index (χ0n) is 13.5. The van der Waals surface area contributed by atoms with Crippen molar-refractivity contribution in [3.63, 3.8) is 0 Å². The molecule has 0 saturated carbocycles. The van der Waals surface area contributed by atoms with Crippen LogP contribution in [0, 0.1) is 12.7 Å². The largest absolute Gasteiger partial charge is 0.335 e. The topological polar surface area (TPSA) is 54.0 Å². The van der Waals surface area contributed by atoms with Gasteiger partial charge in [0.05, 0.1) is 18.7 Å². The molecule has 0 bridgehead atoms. The van der Waals surface area contributed by atoms with Gasteiger partial charge in [0.15, 0.2) is 6.04 Å². The smallest absolute Gasteiger partial charge is 0.292 e. The van der Waals surface area contributed by atoms with Crippen LogP contribution in [0.5, 0.6) is 0 Å². The van der Waals surface area contributed by atoms with Crippen molar-refractivity contribution in [1.29, 1.82) is 0 Å². The predicted octanol–water partition coefficient (Wildman–Crippen LogP) is 1.57. The van der Waals surface area contributed by atoms with E-state index in [1.807, 2.05) is 30.4 Å². The van der Waals surface area contributed by atoms with Gasteiger partial charge in [-0.1, -0.05) is 29.8 Å². The molecular formula is C19H20FN2O2+. The van der Waals surface area contributed by atoms with E-state index in [4.69, 9.17) is 0 Å². The van der Waals surface area contributed by atoms with Gasteiger partial charge in [-0.3, -0.25) is 9.59 Å².